The van der Waals surface area contributed by atoms with Gasteiger partial charge in [-0.3, -0.25) is 4.57 Å². The van der Waals surface area contributed by atoms with Gasteiger partial charge in [0, 0.05) is 17.8 Å². The van der Waals surface area contributed by atoms with Crippen molar-refractivity contribution in [2.45, 2.75) is 18.8 Å². The van der Waals surface area contributed by atoms with Gasteiger partial charge in [0.1, 0.15) is 5.82 Å². The van der Waals surface area contributed by atoms with E-state index in [1.54, 1.807) is 4.57 Å². The van der Waals surface area contributed by atoms with E-state index in [0.717, 1.165) is 24.6 Å². The average molecular weight is 327 g/mol. The van der Waals surface area contributed by atoms with Crippen LogP contribution in [0.2, 0.25) is 5.02 Å². The van der Waals surface area contributed by atoms with E-state index in [0.29, 0.717) is 16.4 Å². The summed E-state index contributed by atoms with van der Waals surface area (Å²) in [5.74, 6) is -0.984. The highest BCUT2D eigenvalue weighted by Gasteiger charge is 2.26. The number of aromatic nitrogens is 2. The van der Waals surface area contributed by atoms with Crippen LogP contribution in [0, 0.1) is 10.6 Å². The molecule has 0 spiro atoms. The number of halogens is 2. The Bertz CT molecular complexity index is 780. The van der Waals surface area contributed by atoms with Crippen LogP contribution in [-0.4, -0.2) is 22.6 Å². The molecule has 1 fully saturated rings. The molecular weight excluding hydrogens is 315 g/mol. The third-order valence-electron chi connectivity index (χ3n) is 3.46. The van der Waals surface area contributed by atoms with Crippen LogP contribution < -0.4 is 0 Å². The number of hydrogen-bond acceptors (Lipinski definition) is 3. The number of esters is 1. The predicted octanol–water partition coefficient (Wildman–Crippen LogP) is 3.99. The van der Waals surface area contributed by atoms with Crippen LogP contribution in [0.1, 0.15) is 34.8 Å². The van der Waals surface area contributed by atoms with Gasteiger partial charge in [0.05, 0.1) is 23.4 Å². The van der Waals surface area contributed by atoms with Crippen molar-refractivity contribution < 1.29 is 13.9 Å². The van der Waals surface area contributed by atoms with Crippen molar-refractivity contribution in [2.75, 3.05) is 7.11 Å². The van der Waals surface area contributed by atoms with Crippen molar-refractivity contribution in [1.82, 2.24) is 9.55 Å². The number of H-pyrrole nitrogens is 1. The van der Waals surface area contributed by atoms with Crippen molar-refractivity contribution in [2.24, 2.45) is 0 Å². The normalized spacial score (nSPS) is 14.2. The lowest BCUT2D eigenvalue weighted by molar-refractivity contribution is 0.0595. The molecule has 0 unspecified atom stereocenters. The zero-order valence-electron chi connectivity index (χ0n) is 11.2. The minimum atomic E-state index is -0.755. The number of carbonyl (C=O) groups is 1. The molecule has 21 heavy (non-hydrogen) atoms. The first-order valence-electron chi connectivity index (χ1n) is 6.40. The zero-order chi connectivity index (χ0) is 15.1. The fourth-order valence-corrected chi connectivity index (χ4v) is 2.69. The lowest BCUT2D eigenvalue weighted by Crippen LogP contribution is -2.06. The molecule has 1 saturated carbocycles. The molecule has 0 aliphatic heterocycles. The largest absolute Gasteiger partial charge is 0.465 e. The maximum Gasteiger partial charge on any atom is 0.340 e. The number of ether oxygens (including phenoxy) is 1. The van der Waals surface area contributed by atoms with Crippen LogP contribution in [0.25, 0.3) is 5.69 Å². The van der Waals surface area contributed by atoms with E-state index >= 15 is 0 Å². The second-order valence-electron chi connectivity index (χ2n) is 4.93. The highest BCUT2D eigenvalue weighted by molar-refractivity contribution is 7.71. The molecule has 0 atom stereocenters. The van der Waals surface area contributed by atoms with Crippen LogP contribution in [0.5, 0.6) is 0 Å². The van der Waals surface area contributed by atoms with Crippen molar-refractivity contribution in [3.05, 3.63) is 45.2 Å². The number of rotatable bonds is 3. The van der Waals surface area contributed by atoms with E-state index < -0.39 is 11.8 Å². The standard InChI is InChI=1S/C14H12ClFN2O2S/c1-20-13(19)8-4-12(9(15)5-10(8)16)18-6-11(7-2-3-7)17-14(18)21/h4-7H,2-3H2,1H3,(H,17,21). The molecule has 0 bridgehead atoms. The summed E-state index contributed by atoms with van der Waals surface area (Å²) in [7, 11) is 1.20. The van der Waals surface area contributed by atoms with Crippen molar-refractivity contribution in [3.63, 3.8) is 0 Å². The summed E-state index contributed by atoms with van der Waals surface area (Å²) in [6.07, 6.45) is 4.10. The number of hydrogen-bond donors (Lipinski definition) is 1. The third kappa shape index (κ3) is 2.61. The van der Waals surface area contributed by atoms with Gasteiger partial charge in [0.2, 0.25) is 0 Å². The molecule has 2 aromatic rings. The van der Waals surface area contributed by atoms with Gasteiger partial charge < -0.3 is 9.72 Å². The van der Waals surface area contributed by atoms with Gasteiger partial charge in [-0.05, 0) is 37.2 Å². The number of nitrogens with zero attached hydrogens (tertiary/aromatic N) is 1. The molecule has 0 radical (unpaired) electrons. The first-order chi connectivity index (χ1) is 10.0. The summed E-state index contributed by atoms with van der Waals surface area (Å²) in [5, 5.41) is 0.178. The quantitative estimate of drug-likeness (QED) is 0.685. The second kappa shape index (κ2) is 5.27. The molecule has 1 aliphatic carbocycles. The minimum Gasteiger partial charge on any atom is -0.465 e. The maximum atomic E-state index is 13.8. The van der Waals surface area contributed by atoms with Gasteiger partial charge in [-0.2, -0.15) is 0 Å². The van der Waals surface area contributed by atoms with Gasteiger partial charge >= 0.3 is 5.97 Å². The molecule has 110 valence electrons. The molecule has 1 N–H and O–H groups in total. The topological polar surface area (TPSA) is 47.0 Å². The monoisotopic (exact) mass is 326 g/mol. The highest BCUT2D eigenvalue weighted by Crippen LogP contribution is 2.39. The lowest BCUT2D eigenvalue weighted by atomic mass is 10.2. The first-order valence-corrected chi connectivity index (χ1v) is 7.19. The van der Waals surface area contributed by atoms with Crippen molar-refractivity contribution in [1.29, 1.82) is 0 Å². The molecule has 0 saturated heterocycles. The number of aromatic amines is 1. The number of nitrogens with one attached hydrogen (secondary N) is 1. The predicted molar refractivity (Wildman–Crippen MR) is 79.2 cm³/mol. The molecule has 1 aromatic carbocycles. The SMILES string of the molecule is COC(=O)c1cc(-n2cc(C3CC3)[nH]c2=S)c(Cl)cc1F. The van der Waals surface area contributed by atoms with E-state index in [1.165, 1.54) is 13.2 Å². The van der Waals surface area contributed by atoms with E-state index in [4.69, 9.17) is 23.8 Å². The molecule has 0 amide bonds. The summed E-state index contributed by atoms with van der Waals surface area (Å²) in [6, 6.07) is 2.44. The van der Waals surface area contributed by atoms with Crippen LogP contribution in [0.4, 0.5) is 4.39 Å². The Kier molecular flexibility index (Phi) is 3.59. The van der Waals surface area contributed by atoms with Gasteiger partial charge in [0.15, 0.2) is 4.77 Å². The minimum absolute atomic E-state index is 0.173. The average Bonchev–Trinajstić information content (AvgIpc) is 3.22. The molecule has 4 nitrogen and oxygen atoms in total. The number of benzene rings is 1. The van der Waals surface area contributed by atoms with E-state index in [2.05, 4.69) is 9.72 Å². The molecule has 1 aliphatic rings. The molecule has 1 aromatic heterocycles. The smallest absolute Gasteiger partial charge is 0.340 e. The van der Waals surface area contributed by atoms with E-state index in [-0.39, 0.29) is 10.6 Å². The maximum absolute atomic E-state index is 13.8. The van der Waals surface area contributed by atoms with Gasteiger partial charge in [-0.25, -0.2) is 9.18 Å². The van der Waals surface area contributed by atoms with Crippen LogP contribution >= 0.6 is 23.8 Å². The van der Waals surface area contributed by atoms with E-state index in [9.17, 15) is 9.18 Å². The van der Waals surface area contributed by atoms with Gasteiger partial charge in [-0.15, -0.1) is 0 Å². The number of methoxy groups -OCH3 is 1. The summed E-state index contributed by atoms with van der Waals surface area (Å²) < 4.78 is 20.5. The number of imidazole rings is 1. The summed E-state index contributed by atoms with van der Waals surface area (Å²) in [4.78, 5) is 14.7. The van der Waals surface area contributed by atoms with Crippen LogP contribution in [0.15, 0.2) is 18.3 Å². The number of carbonyl (C=O) groups excluding carboxylic acids is 1. The molecule has 3 rings (SSSR count). The molecule has 7 heteroatoms. The van der Waals surface area contributed by atoms with Crippen LogP contribution in [0.3, 0.4) is 0 Å². The Morgan fingerprint density at radius 1 is 1.52 bits per heavy atom. The third-order valence-corrected chi connectivity index (χ3v) is 4.06. The van der Waals surface area contributed by atoms with Crippen molar-refractivity contribution >= 4 is 29.8 Å². The Balaban J connectivity index is 2.13. The Hall–Kier alpha value is -1.66. The zero-order valence-corrected chi connectivity index (χ0v) is 12.7. The van der Waals surface area contributed by atoms with Crippen LogP contribution in [-0.2, 0) is 4.74 Å². The molecular formula is C14H12ClFN2O2S. The highest BCUT2D eigenvalue weighted by atomic mass is 35.5. The fraction of sp³-hybridized carbons (Fsp3) is 0.286. The second-order valence-corrected chi connectivity index (χ2v) is 5.73. The Morgan fingerprint density at radius 2 is 2.24 bits per heavy atom. The Labute approximate surface area is 130 Å². The van der Waals surface area contributed by atoms with Gasteiger partial charge in [-0.1, -0.05) is 11.6 Å². The first kappa shape index (κ1) is 14.3. The van der Waals surface area contributed by atoms with Gasteiger partial charge in [0.25, 0.3) is 0 Å². The lowest BCUT2D eigenvalue weighted by Gasteiger charge is -2.08. The summed E-state index contributed by atoms with van der Waals surface area (Å²) in [6.45, 7) is 0. The Morgan fingerprint density at radius 3 is 2.86 bits per heavy atom. The summed E-state index contributed by atoms with van der Waals surface area (Å²) >= 11 is 11.4. The van der Waals surface area contributed by atoms with E-state index in [1.807, 2.05) is 6.20 Å². The van der Waals surface area contributed by atoms with Crippen molar-refractivity contribution in [3.8, 4) is 5.69 Å². The summed E-state index contributed by atoms with van der Waals surface area (Å²) in [5.41, 5.74) is 1.31. The molecule has 1 heterocycles. The fourth-order valence-electron chi connectivity index (χ4n) is 2.18.